The second kappa shape index (κ2) is 4.49. The number of benzene rings is 1. The molecule has 0 spiro atoms. The normalized spacial score (nSPS) is 17.2. The SMILES string of the molecule is CCN(OC1C=Cc2ccccc21)C(C)=O. The average molecular weight is 217 g/mol. The van der Waals surface area contributed by atoms with Gasteiger partial charge in [0.05, 0.1) is 0 Å². The maximum absolute atomic E-state index is 11.3. The summed E-state index contributed by atoms with van der Waals surface area (Å²) in [5.74, 6) is -0.0692. The Hall–Kier alpha value is -1.61. The molecule has 1 atom stereocenters. The van der Waals surface area contributed by atoms with Crippen molar-refractivity contribution >= 4 is 12.0 Å². The maximum Gasteiger partial charge on any atom is 0.243 e. The first-order valence-corrected chi connectivity index (χ1v) is 5.44. The Morgan fingerprint density at radius 2 is 2.19 bits per heavy atom. The van der Waals surface area contributed by atoms with Crippen LogP contribution in [0, 0.1) is 0 Å². The number of nitrogens with zero attached hydrogens (tertiary/aromatic N) is 1. The third-order valence-electron chi connectivity index (χ3n) is 2.63. The van der Waals surface area contributed by atoms with Crippen LogP contribution in [0.15, 0.2) is 30.3 Å². The molecule has 1 aromatic rings. The van der Waals surface area contributed by atoms with Crippen LogP contribution in [0.25, 0.3) is 6.08 Å². The quantitative estimate of drug-likeness (QED) is 0.728. The molecule has 0 bridgehead atoms. The summed E-state index contributed by atoms with van der Waals surface area (Å²) < 4.78 is 0. The van der Waals surface area contributed by atoms with Crippen LogP contribution in [-0.2, 0) is 9.63 Å². The van der Waals surface area contributed by atoms with E-state index >= 15 is 0 Å². The van der Waals surface area contributed by atoms with Gasteiger partial charge < -0.3 is 0 Å². The molecule has 3 heteroatoms. The molecule has 0 heterocycles. The van der Waals surface area contributed by atoms with Crippen molar-refractivity contribution in [2.75, 3.05) is 6.54 Å². The molecule has 16 heavy (non-hydrogen) atoms. The van der Waals surface area contributed by atoms with Crippen LogP contribution in [0.3, 0.4) is 0 Å². The Morgan fingerprint density at radius 3 is 2.88 bits per heavy atom. The molecule has 1 unspecified atom stereocenters. The minimum absolute atomic E-state index is 0.0692. The summed E-state index contributed by atoms with van der Waals surface area (Å²) in [6.45, 7) is 3.96. The van der Waals surface area contributed by atoms with E-state index in [1.165, 1.54) is 12.0 Å². The summed E-state index contributed by atoms with van der Waals surface area (Å²) in [5.41, 5.74) is 2.27. The van der Waals surface area contributed by atoms with Gasteiger partial charge in [0, 0.05) is 13.5 Å². The minimum atomic E-state index is -0.139. The van der Waals surface area contributed by atoms with Crippen molar-refractivity contribution in [1.29, 1.82) is 0 Å². The van der Waals surface area contributed by atoms with Crippen LogP contribution in [0.2, 0.25) is 0 Å². The molecule has 0 saturated heterocycles. The van der Waals surface area contributed by atoms with E-state index in [0.717, 1.165) is 11.1 Å². The molecule has 0 aliphatic heterocycles. The molecular weight excluding hydrogens is 202 g/mol. The Labute approximate surface area is 95.3 Å². The standard InChI is InChI=1S/C13H15NO2/c1-3-14(10(2)15)16-13-9-8-11-6-4-5-7-12(11)13/h4-9,13H,3H2,1-2H3. The highest BCUT2D eigenvalue weighted by atomic mass is 16.7. The molecule has 1 aliphatic rings. The fraction of sp³-hybridized carbons (Fsp3) is 0.308. The first-order valence-electron chi connectivity index (χ1n) is 5.44. The molecule has 0 radical (unpaired) electrons. The van der Waals surface area contributed by atoms with Crippen LogP contribution in [0.5, 0.6) is 0 Å². The van der Waals surface area contributed by atoms with E-state index in [9.17, 15) is 4.79 Å². The number of hydrogen-bond acceptors (Lipinski definition) is 2. The number of carbonyl (C=O) groups excluding carboxylic acids is 1. The second-order valence-electron chi connectivity index (χ2n) is 3.73. The van der Waals surface area contributed by atoms with Gasteiger partial charge in [-0.05, 0) is 24.1 Å². The number of hydrogen-bond donors (Lipinski definition) is 0. The van der Waals surface area contributed by atoms with Crippen LogP contribution in [0.1, 0.15) is 31.1 Å². The molecule has 3 nitrogen and oxygen atoms in total. The summed E-state index contributed by atoms with van der Waals surface area (Å²) in [5, 5.41) is 1.39. The van der Waals surface area contributed by atoms with Crippen molar-refractivity contribution in [3.8, 4) is 0 Å². The molecule has 0 fully saturated rings. The van der Waals surface area contributed by atoms with E-state index in [4.69, 9.17) is 4.84 Å². The predicted molar refractivity (Wildman–Crippen MR) is 62.4 cm³/mol. The second-order valence-corrected chi connectivity index (χ2v) is 3.73. The number of fused-ring (bicyclic) bond motifs is 1. The highest BCUT2D eigenvalue weighted by molar-refractivity contribution is 5.72. The van der Waals surface area contributed by atoms with E-state index in [1.807, 2.05) is 43.3 Å². The monoisotopic (exact) mass is 217 g/mol. The highest BCUT2D eigenvalue weighted by Crippen LogP contribution is 2.31. The molecule has 1 aromatic carbocycles. The van der Waals surface area contributed by atoms with E-state index < -0.39 is 0 Å². The van der Waals surface area contributed by atoms with E-state index in [0.29, 0.717) is 6.54 Å². The fourth-order valence-corrected chi connectivity index (χ4v) is 1.82. The van der Waals surface area contributed by atoms with Gasteiger partial charge in [0.25, 0.3) is 0 Å². The first kappa shape index (κ1) is 10.9. The number of rotatable bonds is 3. The summed E-state index contributed by atoms with van der Waals surface area (Å²) in [6, 6.07) is 8.04. The van der Waals surface area contributed by atoms with Crippen LogP contribution in [0.4, 0.5) is 0 Å². The highest BCUT2D eigenvalue weighted by Gasteiger charge is 2.21. The van der Waals surface area contributed by atoms with E-state index in [2.05, 4.69) is 0 Å². The molecule has 0 aromatic heterocycles. The Balaban J connectivity index is 2.14. The maximum atomic E-state index is 11.3. The van der Waals surface area contributed by atoms with Gasteiger partial charge in [-0.25, -0.2) is 5.06 Å². The van der Waals surface area contributed by atoms with Crippen molar-refractivity contribution in [2.45, 2.75) is 20.0 Å². The predicted octanol–water partition coefficient (Wildman–Crippen LogP) is 2.55. The van der Waals surface area contributed by atoms with E-state index in [1.54, 1.807) is 0 Å². The summed E-state index contributed by atoms with van der Waals surface area (Å²) >= 11 is 0. The van der Waals surface area contributed by atoms with Crippen LogP contribution >= 0.6 is 0 Å². The van der Waals surface area contributed by atoms with Crippen LogP contribution < -0.4 is 0 Å². The number of hydroxylamine groups is 2. The molecule has 84 valence electrons. The van der Waals surface area contributed by atoms with Gasteiger partial charge in [0.15, 0.2) is 0 Å². The summed E-state index contributed by atoms with van der Waals surface area (Å²) in [7, 11) is 0. The summed E-state index contributed by atoms with van der Waals surface area (Å²) in [6.07, 6.45) is 3.85. The zero-order chi connectivity index (χ0) is 11.5. The van der Waals surface area contributed by atoms with Gasteiger partial charge in [0.2, 0.25) is 5.91 Å². The van der Waals surface area contributed by atoms with Gasteiger partial charge >= 0.3 is 0 Å². The lowest BCUT2D eigenvalue weighted by Crippen LogP contribution is -2.29. The number of amides is 1. The minimum Gasteiger partial charge on any atom is -0.273 e. The lowest BCUT2D eigenvalue weighted by molar-refractivity contribution is -0.195. The van der Waals surface area contributed by atoms with Crippen molar-refractivity contribution < 1.29 is 9.63 Å². The number of carbonyl (C=O) groups is 1. The largest absolute Gasteiger partial charge is 0.273 e. The van der Waals surface area contributed by atoms with Crippen LogP contribution in [-0.4, -0.2) is 17.5 Å². The smallest absolute Gasteiger partial charge is 0.243 e. The van der Waals surface area contributed by atoms with Gasteiger partial charge in [0.1, 0.15) is 6.10 Å². The lowest BCUT2D eigenvalue weighted by Gasteiger charge is -2.22. The third-order valence-corrected chi connectivity index (χ3v) is 2.63. The van der Waals surface area contributed by atoms with Gasteiger partial charge in [-0.3, -0.25) is 9.63 Å². The first-order chi connectivity index (χ1) is 7.72. The van der Waals surface area contributed by atoms with E-state index in [-0.39, 0.29) is 12.0 Å². The zero-order valence-corrected chi connectivity index (χ0v) is 9.51. The third kappa shape index (κ3) is 1.99. The topological polar surface area (TPSA) is 29.5 Å². The average Bonchev–Trinajstić information content (AvgIpc) is 2.69. The van der Waals surface area contributed by atoms with Gasteiger partial charge in [-0.15, -0.1) is 0 Å². The molecule has 0 saturated carbocycles. The van der Waals surface area contributed by atoms with Gasteiger partial charge in [-0.1, -0.05) is 30.3 Å². The van der Waals surface area contributed by atoms with Gasteiger partial charge in [-0.2, -0.15) is 0 Å². The zero-order valence-electron chi connectivity index (χ0n) is 9.51. The molecule has 1 aliphatic carbocycles. The Bertz CT molecular complexity index is 426. The summed E-state index contributed by atoms with van der Waals surface area (Å²) in [4.78, 5) is 16.9. The van der Waals surface area contributed by atoms with Crippen molar-refractivity contribution in [1.82, 2.24) is 5.06 Å². The molecule has 2 rings (SSSR count). The molecule has 0 N–H and O–H groups in total. The molecule has 1 amide bonds. The lowest BCUT2D eigenvalue weighted by atomic mass is 10.1. The Morgan fingerprint density at radius 1 is 1.44 bits per heavy atom. The van der Waals surface area contributed by atoms with Crippen molar-refractivity contribution in [3.63, 3.8) is 0 Å². The fourth-order valence-electron chi connectivity index (χ4n) is 1.82. The molecular formula is C13H15NO2. The van der Waals surface area contributed by atoms with Crippen molar-refractivity contribution in [2.24, 2.45) is 0 Å². The van der Waals surface area contributed by atoms with Crippen molar-refractivity contribution in [3.05, 3.63) is 41.5 Å². The Kier molecular flexibility index (Phi) is 3.06.